The van der Waals surface area contributed by atoms with Crippen molar-refractivity contribution in [1.29, 1.82) is 0 Å². The van der Waals surface area contributed by atoms with Gasteiger partial charge in [-0.15, -0.1) is 10.2 Å². The lowest BCUT2D eigenvalue weighted by molar-refractivity contribution is 0.0870. The van der Waals surface area contributed by atoms with Crippen LogP contribution in [0.4, 0.5) is 0 Å². The number of likely N-dealkylation sites (tertiary alicyclic amines) is 1. The van der Waals surface area contributed by atoms with Crippen molar-refractivity contribution in [3.05, 3.63) is 29.4 Å². The summed E-state index contributed by atoms with van der Waals surface area (Å²) in [5.74, 6) is 2.31. The standard InChI is InChI=1S/C18H25N5O3/c1-12-9-19-13(2)17(20-12)25-15-3-6-23(7-4-15)10-16-21-22-18(26-16)14-5-8-24-11-14/h9,14-15H,3-8,10-11H2,1-2H3. The van der Waals surface area contributed by atoms with E-state index in [2.05, 4.69) is 25.1 Å². The predicted octanol–water partition coefficient (Wildman–Crippen LogP) is 2.02. The maximum Gasteiger partial charge on any atom is 0.235 e. The number of rotatable bonds is 5. The van der Waals surface area contributed by atoms with Crippen molar-refractivity contribution in [3.8, 4) is 5.88 Å². The Morgan fingerprint density at radius 2 is 2.04 bits per heavy atom. The average molecular weight is 359 g/mol. The molecule has 2 aliphatic heterocycles. The first-order valence-electron chi connectivity index (χ1n) is 9.26. The summed E-state index contributed by atoms with van der Waals surface area (Å²) in [5.41, 5.74) is 1.72. The van der Waals surface area contributed by atoms with Gasteiger partial charge in [0.25, 0.3) is 0 Å². The minimum atomic E-state index is 0.176. The number of hydrogen-bond donors (Lipinski definition) is 0. The number of hydrogen-bond acceptors (Lipinski definition) is 8. The summed E-state index contributed by atoms with van der Waals surface area (Å²) in [4.78, 5) is 11.1. The summed E-state index contributed by atoms with van der Waals surface area (Å²) in [5, 5.41) is 8.39. The van der Waals surface area contributed by atoms with Gasteiger partial charge >= 0.3 is 0 Å². The van der Waals surface area contributed by atoms with E-state index in [4.69, 9.17) is 13.9 Å². The minimum Gasteiger partial charge on any atom is -0.473 e. The molecule has 2 fully saturated rings. The van der Waals surface area contributed by atoms with Crippen molar-refractivity contribution in [2.45, 2.75) is 51.7 Å². The van der Waals surface area contributed by atoms with Gasteiger partial charge in [0.15, 0.2) is 0 Å². The maximum atomic E-state index is 6.07. The third-order valence-corrected chi connectivity index (χ3v) is 4.97. The van der Waals surface area contributed by atoms with E-state index < -0.39 is 0 Å². The lowest BCUT2D eigenvalue weighted by atomic mass is 10.1. The molecule has 0 amide bonds. The molecule has 26 heavy (non-hydrogen) atoms. The van der Waals surface area contributed by atoms with Crippen LogP contribution >= 0.6 is 0 Å². The predicted molar refractivity (Wildman–Crippen MR) is 92.9 cm³/mol. The van der Waals surface area contributed by atoms with E-state index >= 15 is 0 Å². The summed E-state index contributed by atoms with van der Waals surface area (Å²) in [6, 6.07) is 0. The second-order valence-corrected chi connectivity index (χ2v) is 7.09. The molecular formula is C18H25N5O3. The largest absolute Gasteiger partial charge is 0.473 e. The lowest BCUT2D eigenvalue weighted by Gasteiger charge is -2.31. The van der Waals surface area contributed by atoms with E-state index in [1.54, 1.807) is 6.20 Å². The van der Waals surface area contributed by atoms with Gasteiger partial charge in [-0.3, -0.25) is 9.88 Å². The first kappa shape index (κ1) is 17.4. The molecule has 0 spiro atoms. The highest BCUT2D eigenvalue weighted by Gasteiger charge is 2.26. The second kappa shape index (κ2) is 7.67. The molecule has 8 nitrogen and oxygen atoms in total. The molecule has 2 aliphatic rings. The molecule has 2 aromatic heterocycles. The fraction of sp³-hybridized carbons (Fsp3) is 0.667. The third-order valence-electron chi connectivity index (χ3n) is 4.97. The Labute approximate surface area is 152 Å². The van der Waals surface area contributed by atoms with Crippen LogP contribution in [0, 0.1) is 13.8 Å². The normalized spacial score (nSPS) is 22.0. The van der Waals surface area contributed by atoms with Gasteiger partial charge in [0.05, 0.1) is 30.5 Å². The summed E-state index contributed by atoms with van der Waals surface area (Å²) in [6.45, 7) is 7.89. The highest BCUT2D eigenvalue weighted by atomic mass is 16.5. The molecule has 140 valence electrons. The van der Waals surface area contributed by atoms with Gasteiger partial charge in [0.1, 0.15) is 6.10 Å². The molecule has 4 heterocycles. The minimum absolute atomic E-state index is 0.176. The smallest absolute Gasteiger partial charge is 0.235 e. The zero-order chi connectivity index (χ0) is 17.9. The van der Waals surface area contributed by atoms with Crippen LogP contribution in [0.1, 0.15) is 48.3 Å². The topological polar surface area (TPSA) is 86.4 Å². The summed E-state index contributed by atoms with van der Waals surface area (Å²) in [6.07, 6.45) is 4.81. The highest BCUT2D eigenvalue weighted by molar-refractivity contribution is 5.18. The fourth-order valence-electron chi connectivity index (χ4n) is 3.39. The van der Waals surface area contributed by atoms with Crippen molar-refractivity contribution in [2.75, 3.05) is 26.3 Å². The van der Waals surface area contributed by atoms with E-state index in [9.17, 15) is 0 Å². The molecule has 0 radical (unpaired) electrons. The Bertz CT molecular complexity index is 736. The molecule has 2 saturated heterocycles. The molecule has 1 atom stereocenters. The summed E-state index contributed by atoms with van der Waals surface area (Å²) in [7, 11) is 0. The van der Waals surface area contributed by atoms with Gasteiger partial charge in [0, 0.05) is 25.9 Å². The van der Waals surface area contributed by atoms with Crippen molar-refractivity contribution in [3.63, 3.8) is 0 Å². The molecular weight excluding hydrogens is 334 g/mol. The molecule has 8 heteroatoms. The number of nitrogens with zero attached hydrogens (tertiary/aromatic N) is 5. The van der Waals surface area contributed by atoms with Crippen LogP contribution < -0.4 is 4.74 Å². The van der Waals surface area contributed by atoms with Crippen LogP contribution in [-0.2, 0) is 11.3 Å². The van der Waals surface area contributed by atoms with Crippen LogP contribution in [0.15, 0.2) is 10.6 Å². The van der Waals surface area contributed by atoms with Gasteiger partial charge in [-0.25, -0.2) is 4.98 Å². The summed E-state index contributed by atoms with van der Waals surface area (Å²) < 4.78 is 17.3. The van der Waals surface area contributed by atoms with E-state index in [0.29, 0.717) is 30.8 Å². The monoisotopic (exact) mass is 359 g/mol. The van der Waals surface area contributed by atoms with Gasteiger partial charge in [0.2, 0.25) is 17.7 Å². The Kier molecular flexibility index (Phi) is 5.12. The molecule has 0 aliphatic carbocycles. The Morgan fingerprint density at radius 3 is 2.81 bits per heavy atom. The van der Waals surface area contributed by atoms with E-state index in [1.165, 1.54) is 0 Å². The first-order chi connectivity index (χ1) is 12.7. The van der Waals surface area contributed by atoms with Crippen LogP contribution in [0.2, 0.25) is 0 Å². The van der Waals surface area contributed by atoms with Gasteiger partial charge in [-0.1, -0.05) is 0 Å². The number of aromatic nitrogens is 4. The van der Waals surface area contributed by atoms with Crippen LogP contribution in [0.3, 0.4) is 0 Å². The van der Waals surface area contributed by atoms with Crippen LogP contribution in [0.25, 0.3) is 0 Å². The molecule has 1 unspecified atom stereocenters. The van der Waals surface area contributed by atoms with Crippen molar-refractivity contribution >= 4 is 0 Å². The van der Waals surface area contributed by atoms with Gasteiger partial charge in [-0.05, 0) is 33.1 Å². The molecule has 0 aromatic carbocycles. The molecule has 2 aromatic rings. The van der Waals surface area contributed by atoms with Crippen molar-refractivity contribution in [2.24, 2.45) is 0 Å². The Hall–Kier alpha value is -2.06. The van der Waals surface area contributed by atoms with Crippen molar-refractivity contribution < 1.29 is 13.9 Å². The van der Waals surface area contributed by atoms with Gasteiger partial charge < -0.3 is 13.9 Å². The third kappa shape index (κ3) is 4.02. The zero-order valence-electron chi connectivity index (χ0n) is 15.3. The van der Waals surface area contributed by atoms with E-state index in [0.717, 1.165) is 50.3 Å². The lowest BCUT2D eigenvalue weighted by Crippen LogP contribution is -2.38. The molecule has 4 rings (SSSR count). The van der Waals surface area contributed by atoms with E-state index in [-0.39, 0.29) is 12.0 Å². The SMILES string of the molecule is Cc1cnc(C)c(OC2CCN(Cc3nnc(C4CCOC4)o3)CC2)n1. The second-order valence-electron chi connectivity index (χ2n) is 7.09. The Balaban J connectivity index is 1.28. The molecule has 0 bridgehead atoms. The number of aryl methyl sites for hydroxylation is 2. The molecule has 0 saturated carbocycles. The number of piperidine rings is 1. The zero-order valence-corrected chi connectivity index (χ0v) is 15.3. The maximum absolute atomic E-state index is 6.07. The number of ether oxygens (including phenoxy) is 2. The van der Waals surface area contributed by atoms with E-state index in [1.807, 2.05) is 13.8 Å². The quantitative estimate of drug-likeness (QED) is 0.801. The molecule has 0 N–H and O–H groups in total. The Morgan fingerprint density at radius 1 is 1.19 bits per heavy atom. The van der Waals surface area contributed by atoms with Crippen LogP contribution in [-0.4, -0.2) is 57.5 Å². The average Bonchev–Trinajstić information content (AvgIpc) is 3.31. The van der Waals surface area contributed by atoms with Gasteiger partial charge in [-0.2, -0.15) is 0 Å². The van der Waals surface area contributed by atoms with Crippen LogP contribution in [0.5, 0.6) is 5.88 Å². The van der Waals surface area contributed by atoms with Crippen molar-refractivity contribution in [1.82, 2.24) is 25.1 Å². The summed E-state index contributed by atoms with van der Waals surface area (Å²) >= 11 is 0. The fourth-order valence-corrected chi connectivity index (χ4v) is 3.39. The highest BCUT2D eigenvalue weighted by Crippen LogP contribution is 2.25. The first-order valence-corrected chi connectivity index (χ1v) is 9.26.